The average molecular weight is 358 g/mol. The normalized spacial score (nSPS) is 11.7. The van der Waals surface area contributed by atoms with Crippen LogP contribution >= 0.6 is 0 Å². The number of carboxylic acids is 1. The van der Waals surface area contributed by atoms with Crippen LogP contribution in [0.15, 0.2) is 36.5 Å². The van der Waals surface area contributed by atoms with Crippen molar-refractivity contribution in [1.82, 2.24) is 20.8 Å². The van der Waals surface area contributed by atoms with E-state index < -0.39 is 5.97 Å². The number of benzene rings is 1. The summed E-state index contributed by atoms with van der Waals surface area (Å²) in [5.41, 5.74) is 3.26. The van der Waals surface area contributed by atoms with E-state index in [1.54, 1.807) is 6.20 Å². The summed E-state index contributed by atoms with van der Waals surface area (Å²) in [4.78, 5) is 23.0. The molecule has 0 aliphatic rings. The van der Waals surface area contributed by atoms with Gasteiger partial charge in [-0.3, -0.25) is 9.89 Å². The molecule has 2 amide bonds. The van der Waals surface area contributed by atoms with E-state index in [1.165, 1.54) is 0 Å². The first-order valence-electron chi connectivity index (χ1n) is 8.83. The fourth-order valence-corrected chi connectivity index (χ4v) is 2.77. The van der Waals surface area contributed by atoms with Crippen molar-refractivity contribution in [1.29, 1.82) is 0 Å². The Hall–Kier alpha value is -2.83. The highest BCUT2D eigenvalue weighted by Gasteiger charge is 2.14. The van der Waals surface area contributed by atoms with Gasteiger partial charge in [-0.05, 0) is 43.7 Å². The van der Waals surface area contributed by atoms with Crippen LogP contribution in [0.1, 0.15) is 36.1 Å². The fraction of sp³-hybridized carbons (Fsp3) is 0.421. The highest BCUT2D eigenvalue weighted by Crippen LogP contribution is 2.08. The molecule has 1 unspecified atom stereocenters. The van der Waals surface area contributed by atoms with E-state index in [0.29, 0.717) is 19.4 Å². The van der Waals surface area contributed by atoms with Crippen molar-refractivity contribution >= 4 is 12.0 Å². The highest BCUT2D eigenvalue weighted by molar-refractivity contribution is 5.74. The number of amides is 2. The second kappa shape index (κ2) is 10.2. The molecule has 7 heteroatoms. The molecule has 1 aromatic heterocycles. The summed E-state index contributed by atoms with van der Waals surface area (Å²) in [6, 6.07) is 9.26. The van der Waals surface area contributed by atoms with Crippen LogP contribution in [-0.2, 0) is 17.6 Å². The second-order valence-corrected chi connectivity index (χ2v) is 6.34. The Morgan fingerprint density at radius 3 is 2.69 bits per heavy atom. The molecular formula is C19H26N4O3. The van der Waals surface area contributed by atoms with Crippen molar-refractivity contribution in [2.45, 2.75) is 45.1 Å². The predicted molar refractivity (Wildman–Crippen MR) is 99.0 cm³/mol. The van der Waals surface area contributed by atoms with Gasteiger partial charge in [-0.25, -0.2) is 4.79 Å². The number of aliphatic carboxylic acids is 1. The van der Waals surface area contributed by atoms with Crippen LogP contribution < -0.4 is 10.6 Å². The lowest BCUT2D eigenvalue weighted by Crippen LogP contribution is -2.43. The highest BCUT2D eigenvalue weighted by atomic mass is 16.4. The summed E-state index contributed by atoms with van der Waals surface area (Å²) in [6.45, 7) is 2.52. The zero-order valence-electron chi connectivity index (χ0n) is 15.0. The minimum Gasteiger partial charge on any atom is -0.481 e. The van der Waals surface area contributed by atoms with Crippen LogP contribution in [0.2, 0.25) is 0 Å². The van der Waals surface area contributed by atoms with E-state index >= 15 is 0 Å². The maximum absolute atomic E-state index is 12.1. The van der Waals surface area contributed by atoms with Crippen molar-refractivity contribution in [3.63, 3.8) is 0 Å². The van der Waals surface area contributed by atoms with E-state index in [-0.39, 0.29) is 18.5 Å². The first kappa shape index (κ1) is 19.5. The molecule has 26 heavy (non-hydrogen) atoms. The van der Waals surface area contributed by atoms with Crippen LogP contribution in [0.25, 0.3) is 0 Å². The predicted octanol–water partition coefficient (Wildman–Crippen LogP) is 2.43. The molecule has 1 atom stereocenters. The lowest BCUT2D eigenvalue weighted by Gasteiger charge is -2.18. The minimum atomic E-state index is -0.860. The molecule has 0 aliphatic carbocycles. The number of H-pyrrole nitrogens is 1. The molecule has 0 saturated heterocycles. The number of aryl methyl sites for hydroxylation is 2. The van der Waals surface area contributed by atoms with E-state index in [1.807, 2.05) is 37.3 Å². The first-order valence-corrected chi connectivity index (χ1v) is 8.83. The maximum atomic E-state index is 12.1. The van der Waals surface area contributed by atoms with Crippen LogP contribution in [0.5, 0.6) is 0 Å². The zero-order valence-corrected chi connectivity index (χ0v) is 15.0. The van der Waals surface area contributed by atoms with Crippen molar-refractivity contribution in [3.05, 3.63) is 53.3 Å². The molecule has 140 valence electrons. The Bertz CT molecular complexity index is 700. The molecule has 0 fully saturated rings. The Kier molecular flexibility index (Phi) is 7.67. The summed E-state index contributed by atoms with van der Waals surface area (Å²) in [6.07, 6.45) is 4.48. The van der Waals surface area contributed by atoms with Gasteiger partial charge in [0, 0.05) is 24.7 Å². The topological polar surface area (TPSA) is 107 Å². The number of aromatic amines is 1. The maximum Gasteiger partial charge on any atom is 0.315 e. The van der Waals surface area contributed by atoms with E-state index in [4.69, 9.17) is 5.11 Å². The van der Waals surface area contributed by atoms with Crippen LogP contribution in [0.3, 0.4) is 0 Å². The van der Waals surface area contributed by atoms with Gasteiger partial charge in [0.2, 0.25) is 0 Å². The van der Waals surface area contributed by atoms with Gasteiger partial charge < -0.3 is 15.7 Å². The third-order valence-electron chi connectivity index (χ3n) is 4.21. The average Bonchev–Trinajstić information content (AvgIpc) is 3.02. The summed E-state index contributed by atoms with van der Waals surface area (Å²) in [5, 5.41) is 21.5. The fourth-order valence-electron chi connectivity index (χ4n) is 2.77. The lowest BCUT2D eigenvalue weighted by atomic mass is 10.0. The van der Waals surface area contributed by atoms with E-state index in [9.17, 15) is 9.59 Å². The number of rotatable bonds is 10. The molecule has 0 bridgehead atoms. The Labute approximate surface area is 153 Å². The number of aromatic nitrogens is 2. The number of nitrogens with zero attached hydrogens (tertiary/aromatic N) is 1. The molecule has 1 heterocycles. The number of carboxylic acid groups (broad SMARTS) is 1. The van der Waals surface area contributed by atoms with E-state index in [0.717, 1.165) is 29.7 Å². The first-order chi connectivity index (χ1) is 12.5. The van der Waals surface area contributed by atoms with Gasteiger partial charge in [-0.15, -0.1) is 0 Å². The van der Waals surface area contributed by atoms with Gasteiger partial charge in [0.05, 0.1) is 6.20 Å². The third-order valence-corrected chi connectivity index (χ3v) is 4.21. The smallest absolute Gasteiger partial charge is 0.315 e. The lowest BCUT2D eigenvalue weighted by molar-refractivity contribution is -0.137. The quantitative estimate of drug-likeness (QED) is 0.489. The number of urea groups is 1. The van der Waals surface area contributed by atoms with Crippen LogP contribution in [-0.4, -0.2) is 39.9 Å². The second-order valence-electron chi connectivity index (χ2n) is 6.34. The number of nitrogens with one attached hydrogen (secondary N) is 3. The molecule has 0 radical (unpaired) electrons. The minimum absolute atomic E-state index is 0.0253. The van der Waals surface area contributed by atoms with Gasteiger partial charge in [0.15, 0.2) is 0 Å². The third kappa shape index (κ3) is 6.96. The Balaban J connectivity index is 1.77. The molecule has 0 aliphatic heterocycles. The molecule has 7 nitrogen and oxygen atoms in total. The molecule has 0 saturated carbocycles. The van der Waals surface area contributed by atoms with Crippen molar-refractivity contribution in [2.75, 3.05) is 6.54 Å². The summed E-state index contributed by atoms with van der Waals surface area (Å²) in [7, 11) is 0. The molecule has 2 aromatic rings. The van der Waals surface area contributed by atoms with Gasteiger partial charge in [-0.2, -0.15) is 5.10 Å². The van der Waals surface area contributed by atoms with Gasteiger partial charge >= 0.3 is 12.0 Å². The molecule has 0 spiro atoms. The van der Waals surface area contributed by atoms with Gasteiger partial charge in [-0.1, -0.05) is 30.3 Å². The standard InChI is InChI=1S/C19H26N4O3/c1-14-16(13-21-23-14)8-5-11-20-19(26)22-17(9-10-18(24)25)12-15-6-3-2-4-7-15/h2-4,6-7,13,17H,5,8-12H2,1H3,(H,21,23)(H,24,25)(H2,20,22,26). The van der Waals surface area contributed by atoms with Crippen molar-refractivity contribution in [3.8, 4) is 0 Å². The molecule has 4 N–H and O–H groups in total. The van der Waals surface area contributed by atoms with Gasteiger partial charge in [0.1, 0.15) is 0 Å². The number of carbonyl (C=O) groups is 2. The number of carbonyl (C=O) groups excluding carboxylic acids is 1. The number of hydrogen-bond acceptors (Lipinski definition) is 3. The Morgan fingerprint density at radius 2 is 2.04 bits per heavy atom. The molecule has 1 aromatic carbocycles. The zero-order chi connectivity index (χ0) is 18.8. The van der Waals surface area contributed by atoms with Crippen LogP contribution in [0.4, 0.5) is 4.79 Å². The molecule has 2 rings (SSSR count). The van der Waals surface area contributed by atoms with Crippen molar-refractivity contribution < 1.29 is 14.7 Å². The molecular weight excluding hydrogens is 332 g/mol. The summed E-state index contributed by atoms with van der Waals surface area (Å²) >= 11 is 0. The SMILES string of the molecule is Cc1[nH]ncc1CCCNC(=O)NC(CCC(=O)O)Cc1ccccc1. The monoisotopic (exact) mass is 358 g/mol. The Morgan fingerprint density at radius 1 is 1.27 bits per heavy atom. The van der Waals surface area contributed by atoms with Crippen LogP contribution in [0, 0.1) is 6.92 Å². The largest absolute Gasteiger partial charge is 0.481 e. The summed E-state index contributed by atoms with van der Waals surface area (Å²) in [5.74, 6) is -0.860. The number of hydrogen-bond donors (Lipinski definition) is 4. The summed E-state index contributed by atoms with van der Waals surface area (Å²) < 4.78 is 0. The van der Waals surface area contributed by atoms with Crippen molar-refractivity contribution in [2.24, 2.45) is 0 Å². The van der Waals surface area contributed by atoms with E-state index in [2.05, 4.69) is 20.8 Å². The van der Waals surface area contributed by atoms with Gasteiger partial charge in [0.25, 0.3) is 0 Å².